The van der Waals surface area contributed by atoms with Gasteiger partial charge in [-0.15, -0.1) is 22.7 Å². The van der Waals surface area contributed by atoms with Gasteiger partial charge in [0.05, 0.1) is 37.6 Å². The molecule has 1 aliphatic carbocycles. The average molecular weight is 500 g/mol. The lowest BCUT2D eigenvalue weighted by Crippen LogP contribution is -2.40. The van der Waals surface area contributed by atoms with Crippen LogP contribution >= 0.6 is 22.7 Å². The molecule has 34 heavy (non-hydrogen) atoms. The fourth-order valence-electron chi connectivity index (χ4n) is 4.01. The number of thiophene rings is 1. The van der Waals surface area contributed by atoms with E-state index in [0.29, 0.717) is 31.1 Å². The van der Waals surface area contributed by atoms with Gasteiger partial charge in [-0.2, -0.15) is 0 Å². The van der Waals surface area contributed by atoms with Gasteiger partial charge in [0.2, 0.25) is 5.91 Å². The predicted octanol–water partition coefficient (Wildman–Crippen LogP) is 4.79. The van der Waals surface area contributed by atoms with Crippen molar-refractivity contribution in [2.45, 2.75) is 51.5 Å². The first-order chi connectivity index (χ1) is 16.5. The van der Waals surface area contributed by atoms with Gasteiger partial charge in [-0.1, -0.05) is 6.07 Å². The molecule has 0 atom stereocenters. The smallest absolute Gasteiger partial charge is 0.358 e. The number of esters is 1. The van der Waals surface area contributed by atoms with Gasteiger partial charge in [-0.3, -0.25) is 9.78 Å². The normalized spacial score (nSPS) is 14.0. The molecule has 3 heterocycles. The van der Waals surface area contributed by atoms with Crippen LogP contribution < -0.4 is 4.74 Å². The Labute approximate surface area is 207 Å². The van der Waals surface area contributed by atoms with Crippen LogP contribution in [0.25, 0.3) is 0 Å². The topological polar surface area (TPSA) is 81.6 Å². The molecule has 1 fully saturated rings. The number of hydrogen-bond acceptors (Lipinski definition) is 8. The summed E-state index contributed by atoms with van der Waals surface area (Å²) in [6, 6.07) is 7.91. The van der Waals surface area contributed by atoms with Crippen LogP contribution in [0.1, 0.15) is 57.1 Å². The standard InChI is InChI=1S/C25H29N3O4S2/c1-4-32-23(29)22-17(2)34-21(27-22)16-28(13-5-7-19-8-6-14-33-19)24(30)25(11-12-25)20-10-9-18(31-3)15-26-20/h6,8-10,14-15H,4-5,7,11-13,16H2,1-3H3. The van der Waals surface area contributed by atoms with Gasteiger partial charge in [-0.25, -0.2) is 9.78 Å². The first-order valence-corrected chi connectivity index (χ1v) is 13.1. The molecule has 0 saturated heterocycles. The molecule has 0 aliphatic heterocycles. The summed E-state index contributed by atoms with van der Waals surface area (Å²) >= 11 is 3.17. The maximum Gasteiger partial charge on any atom is 0.358 e. The number of hydrogen-bond donors (Lipinski definition) is 0. The van der Waals surface area contributed by atoms with Crippen LogP contribution in [0.4, 0.5) is 0 Å². The Kier molecular flexibility index (Phi) is 7.63. The average Bonchev–Trinajstić information content (AvgIpc) is 3.32. The van der Waals surface area contributed by atoms with Crippen molar-refractivity contribution in [3.05, 3.63) is 62.0 Å². The summed E-state index contributed by atoms with van der Waals surface area (Å²) < 4.78 is 10.4. The van der Waals surface area contributed by atoms with Crippen molar-refractivity contribution in [1.29, 1.82) is 0 Å². The van der Waals surface area contributed by atoms with E-state index >= 15 is 0 Å². The van der Waals surface area contributed by atoms with E-state index in [1.54, 1.807) is 31.6 Å². The summed E-state index contributed by atoms with van der Waals surface area (Å²) in [6.07, 6.45) is 4.99. The van der Waals surface area contributed by atoms with E-state index in [4.69, 9.17) is 9.47 Å². The van der Waals surface area contributed by atoms with Crippen molar-refractivity contribution in [3.8, 4) is 5.75 Å². The van der Waals surface area contributed by atoms with Crippen LogP contribution in [-0.2, 0) is 27.9 Å². The van der Waals surface area contributed by atoms with Crippen LogP contribution in [0.2, 0.25) is 0 Å². The van der Waals surface area contributed by atoms with Crippen LogP contribution in [0, 0.1) is 6.92 Å². The molecule has 0 spiro atoms. The Bertz CT molecular complexity index is 1120. The Balaban J connectivity index is 1.54. The molecule has 7 nitrogen and oxygen atoms in total. The second-order valence-electron chi connectivity index (χ2n) is 8.31. The van der Waals surface area contributed by atoms with Crippen molar-refractivity contribution in [3.63, 3.8) is 0 Å². The minimum absolute atomic E-state index is 0.0712. The third-order valence-corrected chi connectivity index (χ3v) is 7.87. The summed E-state index contributed by atoms with van der Waals surface area (Å²) in [5, 5.41) is 2.81. The molecule has 0 radical (unpaired) electrons. The molecular weight excluding hydrogens is 470 g/mol. The van der Waals surface area contributed by atoms with Gasteiger partial charge in [0, 0.05) is 16.3 Å². The predicted molar refractivity (Wildman–Crippen MR) is 133 cm³/mol. The van der Waals surface area contributed by atoms with Crippen molar-refractivity contribution in [2.75, 3.05) is 20.3 Å². The van der Waals surface area contributed by atoms with E-state index in [1.165, 1.54) is 16.2 Å². The fourth-order valence-corrected chi connectivity index (χ4v) is 5.70. The molecule has 9 heteroatoms. The molecular formula is C25H29N3O4S2. The highest BCUT2D eigenvalue weighted by atomic mass is 32.1. The monoisotopic (exact) mass is 499 g/mol. The molecule has 3 aromatic heterocycles. The van der Waals surface area contributed by atoms with E-state index in [0.717, 1.165) is 41.3 Å². The van der Waals surface area contributed by atoms with E-state index < -0.39 is 11.4 Å². The minimum Gasteiger partial charge on any atom is -0.495 e. The summed E-state index contributed by atoms with van der Waals surface area (Å²) in [4.78, 5) is 39.1. The van der Waals surface area contributed by atoms with Gasteiger partial charge in [0.25, 0.3) is 0 Å². The molecule has 4 rings (SSSR count). The molecule has 0 N–H and O–H groups in total. The molecule has 1 aliphatic rings. The van der Waals surface area contributed by atoms with Crippen LogP contribution in [-0.4, -0.2) is 47.0 Å². The third kappa shape index (κ3) is 5.31. The number of methoxy groups -OCH3 is 1. The number of rotatable bonds is 11. The van der Waals surface area contributed by atoms with E-state index in [2.05, 4.69) is 21.4 Å². The van der Waals surface area contributed by atoms with Crippen LogP contribution in [0.5, 0.6) is 5.75 Å². The first kappa shape index (κ1) is 24.3. The second kappa shape index (κ2) is 10.7. The van der Waals surface area contributed by atoms with Gasteiger partial charge in [0.1, 0.15) is 10.8 Å². The van der Waals surface area contributed by atoms with Crippen molar-refractivity contribution < 1.29 is 19.1 Å². The zero-order valence-electron chi connectivity index (χ0n) is 19.7. The van der Waals surface area contributed by atoms with Crippen molar-refractivity contribution >= 4 is 34.6 Å². The third-order valence-electron chi connectivity index (χ3n) is 5.98. The lowest BCUT2D eigenvalue weighted by Gasteiger charge is -2.26. The van der Waals surface area contributed by atoms with Crippen LogP contribution in [0.15, 0.2) is 35.8 Å². The molecule has 1 saturated carbocycles. The number of thiazole rings is 1. The second-order valence-corrected chi connectivity index (χ2v) is 10.6. The van der Waals surface area contributed by atoms with E-state index in [9.17, 15) is 9.59 Å². The summed E-state index contributed by atoms with van der Waals surface area (Å²) in [5.74, 6) is 0.325. The maximum absolute atomic E-state index is 13.8. The Morgan fingerprint density at radius 3 is 2.68 bits per heavy atom. The quantitative estimate of drug-likeness (QED) is 0.353. The number of carbonyl (C=O) groups is 2. The van der Waals surface area contributed by atoms with Crippen molar-refractivity contribution in [1.82, 2.24) is 14.9 Å². The van der Waals surface area contributed by atoms with E-state index in [-0.39, 0.29) is 5.91 Å². The van der Waals surface area contributed by atoms with Gasteiger partial charge in [0.15, 0.2) is 5.69 Å². The number of amides is 1. The first-order valence-electron chi connectivity index (χ1n) is 11.4. The highest BCUT2D eigenvalue weighted by molar-refractivity contribution is 7.11. The highest BCUT2D eigenvalue weighted by Gasteiger charge is 2.54. The molecule has 3 aromatic rings. The molecule has 1 amide bonds. The molecule has 180 valence electrons. The maximum atomic E-state index is 13.8. The zero-order valence-corrected chi connectivity index (χ0v) is 21.3. The lowest BCUT2D eigenvalue weighted by molar-refractivity contribution is -0.134. The molecule has 0 bridgehead atoms. The largest absolute Gasteiger partial charge is 0.495 e. The molecule has 0 unspecified atom stereocenters. The van der Waals surface area contributed by atoms with Crippen molar-refractivity contribution in [2.24, 2.45) is 0 Å². The number of ether oxygens (including phenoxy) is 2. The summed E-state index contributed by atoms with van der Waals surface area (Å²) in [6.45, 7) is 4.92. The summed E-state index contributed by atoms with van der Waals surface area (Å²) in [5.41, 5.74) is 0.528. The number of aryl methyl sites for hydroxylation is 2. The Morgan fingerprint density at radius 1 is 1.24 bits per heavy atom. The number of carbonyl (C=O) groups excluding carboxylic acids is 2. The minimum atomic E-state index is -0.592. The van der Waals surface area contributed by atoms with Crippen LogP contribution in [0.3, 0.4) is 0 Å². The Morgan fingerprint density at radius 2 is 2.06 bits per heavy atom. The number of pyridine rings is 1. The SMILES string of the molecule is CCOC(=O)c1nc(CN(CCCc2cccs2)C(=O)C2(c3ccc(OC)cn3)CC2)sc1C. The van der Waals surface area contributed by atoms with Gasteiger partial charge >= 0.3 is 5.97 Å². The zero-order chi connectivity index (χ0) is 24.1. The number of aromatic nitrogens is 2. The van der Waals surface area contributed by atoms with Gasteiger partial charge < -0.3 is 14.4 Å². The highest BCUT2D eigenvalue weighted by Crippen LogP contribution is 2.49. The van der Waals surface area contributed by atoms with E-state index in [1.807, 2.05) is 30.0 Å². The lowest BCUT2D eigenvalue weighted by atomic mass is 9.99. The fraction of sp³-hybridized carbons (Fsp3) is 0.440. The molecule has 0 aromatic carbocycles. The summed E-state index contributed by atoms with van der Waals surface area (Å²) in [7, 11) is 1.60. The Hall–Kier alpha value is -2.78. The van der Waals surface area contributed by atoms with Gasteiger partial charge in [-0.05, 0) is 63.1 Å². The number of nitrogens with zero attached hydrogens (tertiary/aromatic N) is 3.